The van der Waals surface area contributed by atoms with Crippen LogP contribution in [-0.4, -0.2) is 41.7 Å². The van der Waals surface area contributed by atoms with E-state index in [0.717, 1.165) is 28.3 Å². The number of carbonyl (C=O) groups excluding carboxylic acids is 2. The zero-order valence-electron chi connectivity index (χ0n) is 17.6. The molecule has 0 saturated heterocycles. The highest BCUT2D eigenvalue weighted by atomic mass is 16.5. The Kier molecular flexibility index (Phi) is 5.93. The number of aromatic nitrogens is 1. The average Bonchev–Trinajstić information content (AvgIpc) is 3.22. The lowest BCUT2D eigenvalue weighted by atomic mass is 10.0. The molecule has 0 bridgehead atoms. The molecule has 1 N–H and O–H groups in total. The van der Waals surface area contributed by atoms with Crippen LogP contribution in [0.15, 0.2) is 66.9 Å². The number of ether oxygens (including phenoxy) is 2. The number of hydrogen-bond acceptors (Lipinski definition) is 4. The summed E-state index contributed by atoms with van der Waals surface area (Å²) in [5.41, 5.74) is 3.95. The summed E-state index contributed by atoms with van der Waals surface area (Å²) in [5.74, 6) is 0.282. The van der Waals surface area contributed by atoms with Gasteiger partial charge in [0.2, 0.25) is 0 Å². The number of esters is 1. The highest BCUT2D eigenvalue weighted by molar-refractivity contribution is 5.81. The van der Waals surface area contributed by atoms with Gasteiger partial charge in [-0.05, 0) is 48.4 Å². The van der Waals surface area contributed by atoms with Gasteiger partial charge in [0.15, 0.2) is 0 Å². The van der Waals surface area contributed by atoms with Crippen molar-refractivity contribution in [2.75, 3.05) is 20.3 Å². The van der Waals surface area contributed by atoms with Crippen molar-refractivity contribution in [2.24, 2.45) is 0 Å². The van der Waals surface area contributed by atoms with Crippen LogP contribution in [0.2, 0.25) is 0 Å². The van der Waals surface area contributed by atoms with Crippen molar-refractivity contribution in [2.45, 2.75) is 19.5 Å². The molecule has 0 radical (unpaired) electrons. The molecule has 1 aliphatic heterocycles. The number of benzene rings is 2. The fraction of sp³-hybridized carbons (Fsp3) is 0.250. The maximum atomic E-state index is 13.3. The van der Waals surface area contributed by atoms with Crippen molar-refractivity contribution in [1.82, 2.24) is 14.8 Å². The Bertz CT molecular complexity index is 1070. The quantitative estimate of drug-likeness (QED) is 0.641. The van der Waals surface area contributed by atoms with E-state index in [4.69, 9.17) is 9.47 Å². The summed E-state index contributed by atoms with van der Waals surface area (Å²) in [5, 5.41) is 2.72. The molecule has 4 rings (SSSR count). The number of amides is 2. The van der Waals surface area contributed by atoms with Crippen molar-refractivity contribution >= 4 is 12.0 Å². The SMILES string of the molecule is CCOC(=O)CNC(=O)N1Cc2ccccc2-n2cccc2[C@H]1c1ccc(OC)cc1. The normalized spacial score (nSPS) is 14.8. The number of fused-ring (bicyclic) bond motifs is 3. The second-order valence-electron chi connectivity index (χ2n) is 7.20. The molecule has 2 aromatic carbocycles. The largest absolute Gasteiger partial charge is 0.497 e. The summed E-state index contributed by atoms with van der Waals surface area (Å²) in [4.78, 5) is 26.8. The number of nitrogens with zero attached hydrogens (tertiary/aromatic N) is 2. The Hall–Kier alpha value is -3.74. The molecular weight excluding hydrogens is 394 g/mol. The first-order valence-corrected chi connectivity index (χ1v) is 10.2. The van der Waals surface area contributed by atoms with Crippen LogP contribution in [0.4, 0.5) is 4.79 Å². The molecule has 1 aromatic heterocycles. The molecule has 2 amide bonds. The van der Waals surface area contributed by atoms with Gasteiger partial charge in [-0.25, -0.2) is 4.79 Å². The van der Waals surface area contributed by atoms with Gasteiger partial charge in [-0.3, -0.25) is 4.79 Å². The van der Waals surface area contributed by atoms with Gasteiger partial charge < -0.3 is 24.3 Å². The Morgan fingerprint density at radius 3 is 2.58 bits per heavy atom. The number of nitrogens with one attached hydrogen (secondary N) is 1. The van der Waals surface area contributed by atoms with E-state index in [9.17, 15) is 9.59 Å². The smallest absolute Gasteiger partial charge is 0.325 e. The summed E-state index contributed by atoms with van der Waals surface area (Å²) in [6.07, 6.45) is 2.00. The van der Waals surface area contributed by atoms with E-state index in [1.54, 1.807) is 18.9 Å². The fourth-order valence-corrected chi connectivity index (χ4v) is 3.94. The van der Waals surface area contributed by atoms with Crippen LogP contribution in [0, 0.1) is 0 Å². The third kappa shape index (κ3) is 4.12. The Labute approximate surface area is 181 Å². The lowest BCUT2D eigenvalue weighted by Gasteiger charge is -2.31. The fourth-order valence-electron chi connectivity index (χ4n) is 3.94. The maximum Gasteiger partial charge on any atom is 0.325 e. The van der Waals surface area contributed by atoms with Gasteiger partial charge in [0.1, 0.15) is 12.3 Å². The first-order valence-electron chi connectivity index (χ1n) is 10.2. The second-order valence-corrected chi connectivity index (χ2v) is 7.20. The van der Waals surface area contributed by atoms with E-state index in [0.29, 0.717) is 6.54 Å². The maximum absolute atomic E-state index is 13.3. The van der Waals surface area contributed by atoms with Gasteiger partial charge in [0, 0.05) is 11.9 Å². The molecule has 0 fully saturated rings. The Balaban J connectivity index is 1.76. The van der Waals surface area contributed by atoms with E-state index in [1.165, 1.54) is 0 Å². The van der Waals surface area contributed by atoms with E-state index >= 15 is 0 Å². The average molecular weight is 419 g/mol. The van der Waals surface area contributed by atoms with Gasteiger partial charge >= 0.3 is 12.0 Å². The molecule has 0 spiro atoms. The highest BCUT2D eigenvalue weighted by Gasteiger charge is 2.33. The van der Waals surface area contributed by atoms with Gasteiger partial charge in [-0.15, -0.1) is 0 Å². The summed E-state index contributed by atoms with van der Waals surface area (Å²) >= 11 is 0. The third-order valence-corrected chi connectivity index (χ3v) is 5.35. The minimum Gasteiger partial charge on any atom is -0.497 e. The van der Waals surface area contributed by atoms with Crippen molar-refractivity contribution in [3.63, 3.8) is 0 Å². The lowest BCUT2D eigenvalue weighted by Crippen LogP contribution is -2.44. The molecule has 1 aliphatic rings. The number of rotatable bonds is 5. The molecule has 0 saturated carbocycles. The van der Waals surface area contributed by atoms with Crippen molar-refractivity contribution in [3.05, 3.63) is 83.7 Å². The van der Waals surface area contributed by atoms with Gasteiger partial charge in [0.25, 0.3) is 0 Å². The van der Waals surface area contributed by atoms with Crippen LogP contribution >= 0.6 is 0 Å². The van der Waals surface area contributed by atoms with Crippen LogP contribution in [-0.2, 0) is 16.1 Å². The highest BCUT2D eigenvalue weighted by Crippen LogP contribution is 2.37. The summed E-state index contributed by atoms with van der Waals surface area (Å²) < 4.78 is 12.4. The van der Waals surface area contributed by atoms with Crippen molar-refractivity contribution < 1.29 is 19.1 Å². The van der Waals surface area contributed by atoms with Gasteiger partial charge in [-0.1, -0.05) is 30.3 Å². The predicted octanol–water partition coefficient (Wildman–Crippen LogP) is 3.66. The standard InChI is InChI=1S/C24H25N3O4/c1-3-31-22(28)15-25-24(29)27-16-18-7-4-5-8-20(18)26-14-6-9-21(26)23(27)17-10-12-19(30-2)13-11-17/h4-14,23H,3,15-16H2,1-2H3,(H,25,29)/t23-/m1/s1. The third-order valence-electron chi connectivity index (χ3n) is 5.35. The molecule has 160 valence electrons. The number of carbonyl (C=O) groups is 2. The van der Waals surface area contributed by atoms with Crippen molar-refractivity contribution in [3.8, 4) is 11.4 Å². The summed E-state index contributed by atoms with van der Waals surface area (Å²) in [7, 11) is 1.62. The monoisotopic (exact) mass is 419 g/mol. The molecule has 2 heterocycles. The predicted molar refractivity (Wildman–Crippen MR) is 116 cm³/mol. The number of para-hydroxylation sites is 1. The molecule has 1 atom stereocenters. The number of hydrogen-bond donors (Lipinski definition) is 1. The summed E-state index contributed by atoms with van der Waals surface area (Å²) in [6.45, 7) is 2.22. The minimum absolute atomic E-state index is 0.179. The van der Waals surface area contributed by atoms with Crippen LogP contribution in [0.3, 0.4) is 0 Å². The van der Waals surface area contributed by atoms with Crippen LogP contribution < -0.4 is 10.1 Å². The first kappa shape index (κ1) is 20.5. The van der Waals surface area contributed by atoms with E-state index in [-0.39, 0.29) is 25.2 Å². The zero-order chi connectivity index (χ0) is 21.8. The molecule has 0 unspecified atom stereocenters. The Morgan fingerprint density at radius 1 is 1.06 bits per heavy atom. The summed E-state index contributed by atoms with van der Waals surface area (Å²) in [6, 6.07) is 19.0. The molecule has 31 heavy (non-hydrogen) atoms. The van der Waals surface area contributed by atoms with E-state index in [2.05, 4.69) is 9.88 Å². The zero-order valence-corrected chi connectivity index (χ0v) is 17.6. The second kappa shape index (κ2) is 8.95. The van der Waals surface area contributed by atoms with Crippen LogP contribution in [0.5, 0.6) is 5.75 Å². The molecule has 7 heteroatoms. The van der Waals surface area contributed by atoms with Crippen LogP contribution in [0.1, 0.15) is 29.8 Å². The molecule has 7 nitrogen and oxygen atoms in total. The molecule has 0 aliphatic carbocycles. The van der Waals surface area contributed by atoms with E-state index in [1.807, 2.05) is 66.9 Å². The van der Waals surface area contributed by atoms with Crippen LogP contribution in [0.25, 0.3) is 5.69 Å². The molecular formula is C24H25N3O4. The first-order chi connectivity index (χ1) is 15.1. The number of methoxy groups -OCH3 is 1. The Morgan fingerprint density at radius 2 is 1.84 bits per heavy atom. The minimum atomic E-state index is -0.463. The topological polar surface area (TPSA) is 72.8 Å². The van der Waals surface area contributed by atoms with Gasteiger partial charge in [-0.2, -0.15) is 0 Å². The van der Waals surface area contributed by atoms with E-state index < -0.39 is 5.97 Å². The van der Waals surface area contributed by atoms with Gasteiger partial charge in [0.05, 0.1) is 32.0 Å². The van der Waals surface area contributed by atoms with Crippen molar-refractivity contribution in [1.29, 1.82) is 0 Å². The number of urea groups is 1. The molecule has 3 aromatic rings. The lowest BCUT2D eigenvalue weighted by molar-refractivity contribution is -0.141.